The van der Waals surface area contributed by atoms with Crippen LogP contribution in [0.5, 0.6) is 5.75 Å². The molecule has 1 aromatic heterocycles. The number of para-hydroxylation sites is 1. The van der Waals surface area contributed by atoms with Gasteiger partial charge in [-0.1, -0.05) is 29.5 Å². The fourth-order valence-electron chi connectivity index (χ4n) is 4.04. The summed E-state index contributed by atoms with van der Waals surface area (Å²) >= 11 is 1.60. The number of thiazole rings is 1. The Hall–Kier alpha value is -3.43. The lowest BCUT2D eigenvalue weighted by Gasteiger charge is -2.25. The van der Waals surface area contributed by atoms with Crippen molar-refractivity contribution in [3.8, 4) is 5.75 Å². The molecule has 0 aliphatic carbocycles. The third kappa shape index (κ3) is 4.87. The van der Waals surface area contributed by atoms with E-state index in [1.54, 1.807) is 41.7 Å². The SMILES string of the molecule is CN(c1ccccc1)S(=O)(=O)c1ccc(C(=O)Oc2ccc3nc(N4CCCCC4)sc3c2)cc1. The topological polar surface area (TPSA) is 79.8 Å². The molecule has 5 rings (SSSR count). The van der Waals surface area contributed by atoms with E-state index in [1.807, 2.05) is 18.2 Å². The molecule has 7 nitrogen and oxygen atoms in total. The number of piperidine rings is 1. The highest BCUT2D eigenvalue weighted by Gasteiger charge is 2.22. The third-order valence-electron chi connectivity index (χ3n) is 6.05. The van der Waals surface area contributed by atoms with Crippen LogP contribution in [0.4, 0.5) is 10.8 Å². The number of carbonyl (C=O) groups is 1. The molecule has 0 radical (unpaired) electrons. The van der Waals surface area contributed by atoms with E-state index >= 15 is 0 Å². The van der Waals surface area contributed by atoms with E-state index < -0.39 is 16.0 Å². The van der Waals surface area contributed by atoms with E-state index in [9.17, 15) is 13.2 Å². The number of carbonyl (C=O) groups excluding carboxylic acids is 1. The Morgan fingerprint density at radius 2 is 1.69 bits per heavy atom. The van der Waals surface area contributed by atoms with Crippen molar-refractivity contribution in [1.82, 2.24) is 4.98 Å². The van der Waals surface area contributed by atoms with E-state index in [2.05, 4.69) is 4.90 Å². The normalized spacial score (nSPS) is 14.1. The largest absolute Gasteiger partial charge is 0.423 e. The third-order valence-corrected chi connectivity index (χ3v) is 8.93. The lowest BCUT2D eigenvalue weighted by molar-refractivity contribution is 0.0735. The van der Waals surface area contributed by atoms with Gasteiger partial charge in [0.25, 0.3) is 10.0 Å². The van der Waals surface area contributed by atoms with Gasteiger partial charge in [-0.3, -0.25) is 4.31 Å². The quantitative estimate of drug-likeness (QED) is 0.259. The van der Waals surface area contributed by atoms with Crippen molar-refractivity contribution in [2.45, 2.75) is 24.2 Å². The number of benzene rings is 3. The Balaban J connectivity index is 1.30. The number of hydrogen-bond donors (Lipinski definition) is 0. The summed E-state index contributed by atoms with van der Waals surface area (Å²) in [5, 5.41) is 1.00. The van der Waals surface area contributed by atoms with Gasteiger partial charge < -0.3 is 9.64 Å². The highest BCUT2D eigenvalue weighted by atomic mass is 32.2. The average molecular weight is 508 g/mol. The number of rotatable bonds is 6. The lowest BCUT2D eigenvalue weighted by atomic mass is 10.1. The molecule has 2 heterocycles. The molecule has 9 heteroatoms. The summed E-state index contributed by atoms with van der Waals surface area (Å²) in [6, 6.07) is 20.0. The van der Waals surface area contributed by atoms with Crippen LogP contribution in [0.25, 0.3) is 10.2 Å². The van der Waals surface area contributed by atoms with Gasteiger partial charge >= 0.3 is 5.97 Å². The summed E-state index contributed by atoms with van der Waals surface area (Å²) in [5.74, 6) is -0.123. The van der Waals surface area contributed by atoms with Gasteiger partial charge in [0.15, 0.2) is 5.13 Å². The number of nitrogens with zero attached hydrogens (tertiary/aromatic N) is 3. The molecule has 0 saturated carbocycles. The molecule has 3 aromatic carbocycles. The first kappa shape index (κ1) is 23.3. The summed E-state index contributed by atoms with van der Waals surface area (Å²) < 4.78 is 33.6. The zero-order valence-electron chi connectivity index (χ0n) is 19.3. The van der Waals surface area contributed by atoms with Crippen LogP contribution in [-0.2, 0) is 10.0 Å². The first-order valence-corrected chi connectivity index (χ1v) is 13.7. The van der Waals surface area contributed by atoms with Gasteiger partial charge in [-0.15, -0.1) is 0 Å². The number of esters is 1. The predicted octanol–water partition coefficient (Wildman–Crippen LogP) is 5.33. The van der Waals surface area contributed by atoms with E-state index in [-0.39, 0.29) is 10.5 Å². The highest BCUT2D eigenvalue weighted by molar-refractivity contribution is 7.92. The van der Waals surface area contributed by atoms with Crippen LogP contribution in [0.1, 0.15) is 29.6 Å². The molecule has 0 bridgehead atoms. The predicted molar refractivity (Wildman–Crippen MR) is 139 cm³/mol. The molecule has 1 saturated heterocycles. The monoisotopic (exact) mass is 507 g/mol. The highest BCUT2D eigenvalue weighted by Crippen LogP contribution is 2.33. The van der Waals surface area contributed by atoms with Gasteiger partial charge in [0.1, 0.15) is 5.75 Å². The second-order valence-electron chi connectivity index (χ2n) is 8.40. The summed E-state index contributed by atoms with van der Waals surface area (Å²) in [5.41, 5.74) is 1.70. The maximum absolute atomic E-state index is 12.9. The molecule has 0 amide bonds. The first-order valence-electron chi connectivity index (χ1n) is 11.4. The summed E-state index contributed by atoms with van der Waals surface area (Å²) in [6.07, 6.45) is 3.63. The Morgan fingerprint density at radius 3 is 2.40 bits per heavy atom. The standard InChI is InChI=1S/C26H25N3O4S2/c1-28(20-8-4-2-5-9-20)35(31,32)22-13-10-19(11-14-22)25(30)33-21-12-15-23-24(18-21)34-26(27-23)29-16-6-3-7-17-29/h2,4-5,8-15,18H,3,6-7,16-17H2,1H3. The molecule has 0 atom stereocenters. The Kier molecular flexibility index (Phi) is 6.44. The number of anilines is 2. The fraction of sp³-hybridized carbons (Fsp3) is 0.231. The molecule has 1 aliphatic heterocycles. The molecule has 0 N–H and O–H groups in total. The molecular weight excluding hydrogens is 482 g/mol. The molecular formula is C26H25N3O4S2. The van der Waals surface area contributed by atoms with Crippen molar-refractivity contribution in [2.75, 3.05) is 29.3 Å². The number of ether oxygens (including phenoxy) is 1. The van der Waals surface area contributed by atoms with Gasteiger partial charge in [-0.25, -0.2) is 18.2 Å². The fourth-order valence-corrected chi connectivity index (χ4v) is 6.28. The Bertz CT molecular complexity index is 1450. The smallest absolute Gasteiger partial charge is 0.343 e. The van der Waals surface area contributed by atoms with Gasteiger partial charge in [0.05, 0.1) is 26.4 Å². The molecule has 0 spiro atoms. The summed E-state index contributed by atoms with van der Waals surface area (Å²) in [6.45, 7) is 2.04. The van der Waals surface area contributed by atoms with E-state index in [4.69, 9.17) is 9.72 Å². The molecule has 4 aromatic rings. The van der Waals surface area contributed by atoms with E-state index in [0.717, 1.165) is 28.4 Å². The van der Waals surface area contributed by atoms with Crippen molar-refractivity contribution in [1.29, 1.82) is 0 Å². The van der Waals surface area contributed by atoms with Gasteiger partial charge in [0, 0.05) is 26.2 Å². The van der Waals surface area contributed by atoms with Crippen molar-refractivity contribution < 1.29 is 17.9 Å². The number of sulfonamides is 1. The first-order chi connectivity index (χ1) is 16.9. The van der Waals surface area contributed by atoms with Gasteiger partial charge in [0.2, 0.25) is 0 Å². The van der Waals surface area contributed by atoms with Crippen molar-refractivity contribution in [2.24, 2.45) is 0 Å². The van der Waals surface area contributed by atoms with E-state index in [1.165, 1.54) is 54.9 Å². The molecule has 1 fully saturated rings. The van der Waals surface area contributed by atoms with Crippen LogP contribution >= 0.6 is 11.3 Å². The van der Waals surface area contributed by atoms with Crippen LogP contribution in [0.3, 0.4) is 0 Å². The van der Waals surface area contributed by atoms with Crippen LogP contribution in [0.2, 0.25) is 0 Å². The van der Waals surface area contributed by atoms with Crippen LogP contribution in [0.15, 0.2) is 77.7 Å². The maximum Gasteiger partial charge on any atom is 0.343 e. The zero-order chi connectivity index (χ0) is 24.4. The summed E-state index contributed by atoms with van der Waals surface area (Å²) in [7, 11) is -2.25. The maximum atomic E-state index is 12.9. The number of hydrogen-bond acceptors (Lipinski definition) is 7. The van der Waals surface area contributed by atoms with Crippen molar-refractivity contribution >= 4 is 48.4 Å². The minimum absolute atomic E-state index is 0.0942. The zero-order valence-corrected chi connectivity index (χ0v) is 20.9. The van der Waals surface area contributed by atoms with Crippen molar-refractivity contribution in [3.63, 3.8) is 0 Å². The lowest BCUT2D eigenvalue weighted by Crippen LogP contribution is -2.29. The second kappa shape index (κ2) is 9.67. The van der Waals surface area contributed by atoms with Crippen LogP contribution in [-0.4, -0.2) is 39.5 Å². The second-order valence-corrected chi connectivity index (χ2v) is 11.4. The minimum atomic E-state index is -3.75. The minimum Gasteiger partial charge on any atom is -0.423 e. The van der Waals surface area contributed by atoms with Gasteiger partial charge in [-0.05, 0) is 67.8 Å². The number of fused-ring (bicyclic) bond motifs is 1. The van der Waals surface area contributed by atoms with Crippen LogP contribution < -0.4 is 13.9 Å². The van der Waals surface area contributed by atoms with Crippen molar-refractivity contribution in [3.05, 3.63) is 78.4 Å². The van der Waals surface area contributed by atoms with Gasteiger partial charge in [-0.2, -0.15) is 0 Å². The molecule has 1 aliphatic rings. The number of aromatic nitrogens is 1. The molecule has 180 valence electrons. The summed E-state index contributed by atoms with van der Waals surface area (Å²) in [4.78, 5) is 19.8. The molecule has 35 heavy (non-hydrogen) atoms. The Morgan fingerprint density at radius 1 is 0.971 bits per heavy atom. The average Bonchev–Trinajstić information content (AvgIpc) is 3.33. The Labute approximate surface area is 208 Å². The van der Waals surface area contributed by atoms with Crippen LogP contribution in [0, 0.1) is 0 Å². The molecule has 0 unspecified atom stereocenters. The van der Waals surface area contributed by atoms with E-state index in [0.29, 0.717) is 11.4 Å².